The zero-order valence-corrected chi connectivity index (χ0v) is 18.0. The van der Waals surface area contributed by atoms with E-state index in [0.717, 1.165) is 22.3 Å². The lowest BCUT2D eigenvalue weighted by Crippen LogP contribution is -2.53. The molecule has 2 amide bonds. The first kappa shape index (κ1) is 22.8. The number of amides is 2. The van der Waals surface area contributed by atoms with E-state index in [9.17, 15) is 19.6 Å². The van der Waals surface area contributed by atoms with Gasteiger partial charge in [-0.15, -0.1) is 0 Å². The van der Waals surface area contributed by atoms with Crippen molar-refractivity contribution in [3.63, 3.8) is 0 Å². The Morgan fingerprint density at radius 1 is 0.968 bits per heavy atom. The molecule has 0 fully saturated rings. The topological polar surface area (TPSA) is 108 Å². The Labute approximate surface area is 183 Å². The second-order valence-electron chi connectivity index (χ2n) is 8.35. The molecule has 2 atom stereocenters. The van der Waals surface area contributed by atoms with Gasteiger partial charge < -0.3 is 25.4 Å². The fourth-order valence-electron chi connectivity index (χ4n) is 3.95. The van der Waals surface area contributed by atoms with Crippen LogP contribution in [0.15, 0.2) is 48.5 Å². The Morgan fingerprint density at radius 2 is 1.52 bits per heavy atom. The third-order valence-electron chi connectivity index (χ3n) is 5.48. The van der Waals surface area contributed by atoms with Crippen LogP contribution in [0.1, 0.15) is 44.2 Å². The molecule has 0 heterocycles. The number of carbonyl (C=O) groups is 2. The van der Waals surface area contributed by atoms with Crippen LogP contribution in [0.4, 0.5) is 4.79 Å². The Balaban J connectivity index is 1.57. The van der Waals surface area contributed by atoms with Crippen LogP contribution >= 0.6 is 0 Å². The highest BCUT2D eigenvalue weighted by Gasteiger charge is 2.30. The summed E-state index contributed by atoms with van der Waals surface area (Å²) in [6, 6.07) is 15.2. The standard InChI is InChI=1S/C23H29BN2O5/c1-14(2)12-21(24(29)30)26-22(27)15(3)25-23(28)31-13-20-18-10-6-4-8-16(18)17-9-5-7-11-19(17)20/h4-11,14-15,20-21,29-30H,12-13H2,1-3H3,(H,25,28)(H,26,27)/t15-,21-/m0/s1. The molecule has 4 N–H and O–H groups in total. The molecule has 7 nitrogen and oxygen atoms in total. The molecule has 2 aromatic rings. The number of benzene rings is 2. The van der Waals surface area contributed by atoms with Gasteiger partial charge in [0.1, 0.15) is 12.6 Å². The molecular weight excluding hydrogens is 395 g/mol. The summed E-state index contributed by atoms with van der Waals surface area (Å²) in [7, 11) is -1.67. The van der Waals surface area contributed by atoms with Crippen molar-refractivity contribution >= 4 is 19.1 Å². The lowest BCUT2D eigenvalue weighted by Gasteiger charge is -2.22. The van der Waals surface area contributed by atoms with Crippen LogP contribution in [0, 0.1) is 5.92 Å². The molecule has 2 aromatic carbocycles. The third kappa shape index (κ3) is 5.45. The Morgan fingerprint density at radius 3 is 2.03 bits per heavy atom. The average molecular weight is 424 g/mol. The molecular formula is C23H29BN2O5. The van der Waals surface area contributed by atoms with E-state index < -0.39 is 31.1 Å². The first-order valence-electron chi connectivity index (χ1n) is 10.6. The maximum absolute atomic E-state index is 12.4. The van der Waals surface area contributed by atoms with Crippen molar-refractivity contribution < 1.29 is 24.4 Å². The van der Waals surface area contributed by atoms with E-state index in [1.54, 1.807) is 0 Å². The van der Waals surface area contributed by atoms with Crippen LogP contribution in [0.2, 0.25) is 0 Å². The SMILES string of the molecule is CC(C)C[C@H](NC(=O)[C@H](C)NC(=O)OCC1c2ccccc2-c2ccccc21)B(O)O. The molecule has 0 saturated carbocycles. The molecule has 3 rings (SSSR count). The summed E-state index contributed by atoms with van der Waals surface area (Å²) in [6.45, 7) is 5.51. The quantitative estimate of drug-likeness (QED) is 0.487. The van der Waals surface area contributed by atoms with Crippen LogP contribution in [0.3, 0.4) is 0 Å². The van der Waals surface area contributed by atoms with Gasteiger partial charge in [-0.2, -0.15) is 0 Å². The third-order valence-corrected chi connectivity index (χ3v) is 5.48. The predicted molar refractivity (Wildman–Crippen MR) is 119 cm³/mol. The highest BCUT2D eigenvalue weighted by atomic mass is 16.5. The summed E-state index contributed by atoms with van der Waals surface area (Å²) in [5.41, 5.74) is 4.49. The predicted octanol–water partition coefficient (Wildman–Crippen LogP) is 2.46. The molecule has 0 spiro atoms. The molecule has 164 valence electrons. The summed E-state index contributed by atoms with van der Waals surface area (Å²) in [5, 5.41) is 24.0. The number of hydrogen-bond donors (Lipinski definition) is 4. The van der Waals surface area contributed by atoms with Crippen molar-refractivity contribution in [3.05, 3.63) is 59.7 Å². The number of rotatable bonds is 8. The van der Waals surface area contributed by atoms with Gasteiger partial charge in [0.2, 0.25) is 5.91 Å². The zero-order valence-electron chi connectivity index (χ0n) is 18.0. The summed E-state index contributed by atoms with van der Waals surface area (Å²) in [4.78, 5) is 24.7. The number of alkyl carbamates (subject to hydrolysis) is 1. The molecule has 1 aliphatic carbocycles. The van der Waals surface area contributed by atoms with Crippen molar-refractivity contribution in [1.29, 1.82) is 0 Å². The van der Waals surface area contributed by atoms with Gasteiger partial charge >= 0.3 is 13.2 Å². The van der Waals surface area contributed by atoms with E-state index in [1.807, 2.05) is 50.2 Å². The second-order valence-corrected chi connectivity index (χ2v) is 8.35. The number of carbonyl (C=O) groups excluding carboxylic acids is 2. The van der Waals surface area contributed by atoms with Gasteiger partial charge in [-0.1, -0.05) is 62.4 Å². The van der Waals surface area contributed by atoms with Crippen molar-refractivity contribution in [2.75, 3.05) is 6.61 Å². The monoisotopic (exact) mass is 424 g/mol. The smallest absolute Gasteiger partial charge is 0.449 e. The maximum Gasteiger partial charge on any atom is 0.475 e. The van der Waals surface area contributed by atoms with E-state index in [0.29, 0.717) is 6.42 Å². The molecule has 0 aliphatic heterocycles. The van der Waals surface area contributed by atoms with E-state index in [4.69, 9.17) is 4.74 Å². The van der Waals surface area contributed by atoms with E-state index in [1.165, 1.54) is 6.92 Å². The van der Waals surface area contributed by atoms with Crippen LogP contribution in [0.5, 0.6) is 0 Å². The fraction of sp³-hybridized carbons (Fsp3) is 0.391. The minimum Gasteiger partial charge on any atom is -0.449 e. The maximum atomic E-state index is 12.4. The molecule has 31 heavy (non-hydrogen) atoms. The normalized spacial score (nSPS) is 14.4. The van der Waals surface area contributed by atoms with Crippen LogP contribution in [-0.2, 0) is 9.53 Å². The first-order chi connectivity index (χ1) is 14.8. The highest BCUT2D eigenvalue weighted by molar-refractivity contribution is 6.43. The number of fused-ring (bicyclic) bond motifs is 3. The number of hydrogen-bond acceptors (Lipinski definition) is 5. The molecule has 0 aromatic heterocycles. The molecule has 0 radical (unpaired) electrons. The Kier molecular flexibility index (Phi) is 7.35. The van der Waals surface area contributed by atoms with Crippen molar-refractivity contribution in [1.82, 2.24) is 10.6 Å². The van der Waals surface area contributed by atoms with Crippen LogP contribution < -0.4 is 10.6 Å². The lowest BCUT2D eigenvalue weighted by atomic mass is 9.75. The minimum atomic E-state index is -1.67. The van der Waals surface area contributed by atoms with Crippen LogP contribution in [0.25, 0.3) is 11.1 Å². The summed E-state index contributed by atoms with van der Waals surface area (Å²) < 4.78 is 5.45. The number of nitrogens with one attached hydrogen (secondary N) is 2. The highest BCUT2D eigenvalue weighted by Crippen LogP contribution is 2.44. The minimum absolute atomic E-state index is 0.0674. The Bertz CT molecular complexity index is 888. The van der Waals surface area contributed by atoms with Gasteiger partial charge in [0.25, 0.3) is 0 Å². The van der Waals surface area contributed by atoms with E-state index in [2.05, 4.69) is 22.8 Å². The molecule has 0 saturated heterocycles. The largest absolute Gasteiger partial charge is 0.475 e. The lowest BCUT2D eigenvalue weighted by molar-refractivity contribution is -0.123. The molecule has 0 unspecified atom stereocenters. The van der Waals surface area contributed by atoms with Crippen molar-refractivity contribution in [2.24, 2.45) is 5.92 Å². The summed E-state index contributed by atoms with van der Waals surface area (Å²) in [5.74, 6) is -1.22. The molecule has 1 aliphatic rings. The molecule has 0 bridgehead atoms. The molecule has 8 heteroatoms. The van der Waals surface area contributed by atoms with E-state index >= 15 is 0 Å². The average Bonchev–Trinajstić information content (AvgIpc) is 3.05. The van der Waals surface area contributed by atoms with Gasteiger partial charge in [0.05, 0.1) is 5.94 Å². The zero-order chi connectivity index (χ0) is 22.5. The van der Waals surface area contributed by atoms with Crippen molar-refractivity contribution in [2.45, 2.75) is 45.1 Å². The van der Waals surface area contributed by atoms with Gasteiger partial charge in [0.15, 0.2) is 0 Å². The van der Waals surface area contributed by atoms with Crippen LogP contribution in [-0.4, -0.2) is 47.8 Å². The van der Waals surface area contributed by atoms with Crippen molar-refractivity contribution in [3.8, 4) is 11.1 Å². The first-order valence-corrected chi connectivity index (χ1v) is 10.6. The fourth-order valence-corrected chi connectivity index (χ4v) is 3.95. The second kappa shape index (κ2) is 9.98. The summed E-state index contributed by atoms with van der Waals surface area (Å²) in [6.07, 6.45) is -0.296. The summed E-state index contributed by atoms with van der Waals surface area (Å²) >= 11 is 0. The Hall–Kier alpha value is -2.84. The van der Waals surface area contributed by atoms with E-state index in [-0.39, 0.29) is 18.4 Å². The van der Waals surface area contributed by atoms with Gasteiger partial charge in [-0.3, -0.25) is 4.79 Å². The van der Waals surface area contributed by atoms with Gasteiger partial charge in [0, 0.05) is 5.92 Å². The number of ether oxygens (including phenoxy) is 1. The van der Waals surface area contributed by atoms with Gasteiger partial charge in [-0.25, -0.2) is 4.79 Å². The van der Waals surface area contributed by atoms with Gasteiger partial charge in [-0.05, 0) is 41.5 Å².